The molecule has 2 rings (SSSR count). The summed E-state index contributed by atoms with van der Waals surface area (Å²) in [5.41, 5.74) is 0. The summed E-state index contributed by atoms with van der Waals surface area (Å²) in [4.78, 5) is 3.91. The highest BCUT2D eigenvalue weighted by molar-refractivity contribution is 7.99. The van der Waals surface area contributed by atoms with Crippen LogP contribution in [-0.2, 0) is 0 Å². The van der Waals surface area contributed by atoms with Crippen LogP contribution in [0.4, 0.5) is 0 Å². The van der Waals surface area contributed by atoms with Crippen molar-refractivity contribution in [1.29, 1.82) is 0 Å². The molecule has 1 fully saturated rings. The van der Waals surface area contributed by atoms with Crippen molar-refractivity contribution in [3.05, 3.63) is 30.3 Å². The molecule has 128 valence electrons. The number of hydrogen-bond acceptors (Lipinski definition) is 3. The second-order valence-corrected chi connectivity index (χ2v) is 7.81. The SMILES string of the molecule is CC1CCCCN1C(C)CNC(=S)NCCSc1ccccc1. The maximum atomic E-state index is 5.38. The van der Waals surface area contributed by atoms with Gasteiger partial charge in [0.1, 0.15) is 0 Å². The van der Waals surface area contributed by atoms with Crippen LogP contribution >= 0.6 is 24.0 Å². The highest BCUT2D eigenvalue weighted by Crippen LogP contribution is 2.18. The first-order valence-electron chi connectivity index (χ1n) is 8.62. The molecule has 1 aromatic rings. The number of hydrogen-bond donors (Lipinski definition) is 2. The fourth-order valence-electron chi connectivity index (χ4n) is 3.05. The van der Waals surface area contributed by atoms with Crippen molar-refractivity contribution in [2.45, 2.75) is 50.1 Å². The molecule has 1 aliphatic rings. The van der Waals surface area contributed by atoms with Gasteiger partial charge in [0.25, 0.3) is 0 Å². The Kier molecular flexibility index (Phi) is 8.20. The molecule has 2 unspecified atom stereocenters. The van der Waals surface area contributed by atoms with Crippen LogP contribution in [0.15, 0.2) is 35.2 Å². The molecule has 0 saturated carbocycles. The number of thiocarbonyl (C=S) groups is 1. The van der Waals surface area contributed by atoms with E-state index in [1.165, 1.54) is 30.7 Å². The van der Waals surface area contributed by atoms with Gasteiger partial charge < -0.3 is 10.6 Å². The van der Waals surface area contributed by atoms with Crippen LogP contribution < -0.4 is 10.6 Å². The minimum atomic E-state index is 0.531. The zero-order valence-electron chi connectivity index (χ0n) is 14.3. The van der Waals surface area contributed by atoms with Crippen molar-refractivity contribution in [2.24, 2.45) is 0 Å². The van der Waals surface area contributed by atoms with Gasteiger partial charge in [0.2, 0.25) is 0 Å². The topological polar surface area (TPSA) is 27.3 Å². The highest BCUT2D eigenvalue weighted by atomic mass is 32.2. The van der Waals surface area contributed by atoms with Gasteiger partial charge in [-0.3, -0.25) is 4.90 Å². The van der Waals surface area contributed by atoms with Gasteiger partial charge in [0.05, 0.1) is 0 Å². The summed E-state index contributed by atoms with van der Waals surface area (Å²) in [7, 11) is 0. The van der Waals surface area contributed by atoms with E-state index in [1.807, 2.05) is 17.8 Å². The van der Waals surface area contributed by atoms with E-state index in [-0.39, 0.29) is 0 Å². The molecular formula is C18H29N3S2. The van der Waals surface area contributed by atoms with Crippen LogP contribution in [-0.4, -0.2) is 47.5 Å². The maximum absolute atomic E-state index is 5.38. The highest BCUT2D eigenvalue weighted by Gasteiger charge is 2.22. The van der Waals surface area contributed by atoms with Crippen molar-refractivity contribution in [2.75, 3.05) is 25.4 Å². The molecule has 1 aliphatic heterocycles. The Bertz CT molecular complexity index is 467. The third kappa shape index (κ3) is 6.69. The first-order chi connectivity index (χ1) is 11.2. The molecule has 0 aromatic heterocycles. The summed E-state index contributed by atoms with van der Waals surface area (Å²) in [5.74, 6) is 1.02. The Morgan fingerprint density at radius 3 is 2.83 bits per heavy atom. The van der Waals surface area contributed by atoms with E-state index >= 15 is 0 Å². The van der Waals surface area contributed by atoms with E-state index in [0.29, 0.717) is 12.1 Å². The third-order valence-corrected chi connectivity index (χ3v) is 5.68. The molecular weight excluding hydrogens is 322 g/mol. The van der Waals surface area contributed by atoms with Crippen LogP contribution in [0.25, 0.3) is 0 Å². The van der Waals surface area contributed by atoms with Gasteiger partial charge in [-0.25, -0.2) is 0 Å². The van der Waals surface area contributed by atoms with E-state index in [0.717, 1.165) is 24.0 Å². The van der Waals surface area contributed by atoms with Gasteiger partial charge in [-0.2, -0.15) is 0 Å². The number of thioether (sulfide) groups is 1. The minimum absolute atomic E-state index is 0.531. The molecule has 3 nitrogen and oxygen atoms in total. The molecule has 1 heterocycles. The average Bonchev–Trinajstić information content (AvgIpc) is 2.58. The lowest BCUT2D eigenvalue weighted by atomic mass is 10.0. The molecule has 0 spiro atoms. The van der Waals surface area contributed by atoms with Crippen LogP contribution in [0.5, 0.6) is 0 Å². The predicted molar refractivity (Wildman–Crippen MR) is 105 cm³/mol. The zero-order valence-corrected chi connectivity index (χ0v) is 15.9. The zero-order chi connectivity index (χ0) is 16.5. The smallest absolute Gasteiger partial charge is 0.166 e. The fraction of sp³-hybridized carbons (Fsp3) is 0.611. The summed E-state index contributed by atoms with van der Waals surface area (Å²) >= 11 is 7.24. The van der Waals surface area contributed by atoms with E-state index < -0.39 is 0 Å². The Labute approximate surface area is 150 Å². The Hall–Kier alpha value is -0.780. The second kappa shape index (κ2) is 10.2. The number of likely N-dealkylation sites (tertiary alicyclic amines) is 1. The Balaban J connectivity index is 1.57. The van der Waals surface area contributed by atoms with E-state index in [9.17, 15) is 0 Å². The Morgan fingerprint density at radius 1 is 1.30 bits per heavy atom. The van der Waals surface area contributed by atoms with Crippen molar-refractivity contribution in [3.8, 4) is 0 Å². The first-order valence-corrected chi connectivity index (χ1v) is 10.0. The van der Waals surface area contributed by atoms with Crippen molar-refractivity contribution in [1.82, 2.24) is 15.5 Å². The number of nitrogens with zero attached hydrogens (tertiary/aromatic N) is 1. The summed E-state index contributed by atoms with van der Waals surface area (Å²) in [6.07, 6.45) is 4.02. The third-order valence-electron chi connectivity index (χ3n) is 4.38. The molecule has 23 heavy (non-hydrogen) atoms. The van der Waals surface area contributed by atoms with Gasteiger partial charge in [-0.1, -0.05) is 24.6 Å². The van der Waals surface area contributed by atoms with E-state index in [1.54, 1.807) is 0 Å². The molecule has 2 N–H and O–H groups in total. The first kappa shape index (κ1) is 18.6. The molecule has 0 bridgehead atoms. The quantitative estimate of drug-likeness (QED) is 0.445. The molecule has 0 amide bonds. The lowest BCUT2D eigenvalue weighted by Crippen LogP contribution is -2.49. The largest absolute Gasteiger partial charge is 0.362 e. The van der Waals surface area contributed by atoms with E-state index in [2.05, 4.69) is 53.6 Å². The lowest BCUT2D eigenvalue weighted by Gasteiger charge is -2.38. The molecule has 1 aromatic carbocycles. The number of nitrogens with one attached hydrogen (secondary N) is 2. The van der Waals surface area contributed by atoms with Crippen LogP contribution in [0.2, 0.25) is 0 Å². The van der Waals surface area contributed by atoms with Crippen LogP contribution in [0.1, 0.15) is 33.1 Å². The van der Waals surface area contributed by atoms with Gasteiger partial charge in [0.15, 0.2) is 5.11 Å². The molecule has 0 aliphatic carbocycles. The maximum Gasteiger partial charge on any atom is 0.166 e. The number of piperidine rings is 1. The van der Waals surface area contributed by atoms with E-state index in [4.69, 9.17) is 12.2 Å². The normalized spacial score (nSPS) is 20.0. The second-order valence-electron chi connectivity index (χ2n) is 6.23. The van der Waals surface area contributed by atoms with Crippen molar-refractivity contribution < 1.29 is 0 Å². The fourth-order valence-corrected chi connectivity index (χ4v) is 4.02. The van der Waals surface area contributed by atoms with Gasteiger partial charge >= 0.3 is 0 Å². The summed E-state index contributed by atoms with van der Waals surface area (Å²) in [5, 5.41) is 7.45. The van der Waals surface area contributed by atoms with Gasteiger partial charge in [0, 0.05) is 35.8 Å². The molecule has 1 saturated heterocycles. The summed E-state index contributed by atoms with van der Waals surface area (Å²) in [6.45, 7) is 7.66. The minimum Gasteiger partial charge on any atom is -0.362 e. The summed E-state index contributed by atoms with van der Waals surface area (Å²) in [6, 6.07) is 11.7. The van der Waals surface area contributed by atoms with Crippen molar-refractivity contribution in [3.63, 3.8) is 0 Å². The van der Waals surface area contributed by atoms with Crippen LogP contribution in [0, 0.1) is 0 Å². The predicted octanol–water partition coefficient (Wildman–Crippen LogP) is 3.51. The molecule has 0 radical (unpaired) electrons. The monoisotopic (exact) mass is 351 g/mol. The number of rotatable bonds is 7. The average molecular weight is 352 g/mol. The summed E-state index contributed by atoms with van der Waals surface area (Å²) < 4.78 is 0. The van der Waals surface area contributed by atoms with Gasteiger partial charge in [-0.15, -0.1) is 11.8 Å². The molecule has 5 heteroatoms. The lowest BCUT2D eigenvalue weighted by molar-refractivity contribution is 0.116. The van der Waals surface area contributed by atoms with Gasteiger partial charge in [-0.05, 0) is 57.6 Å². The van der Waals surface area contributed by atoms with Crippen molar-refractivity contribution >= 4 is 29.1 Å². The Morgan fingerprint density at radius 2 is 2.09 bits per heavy atom. The van der Waals surface area contributed by atoms with Crippen LogP contribution in [0.3, 0.4) is 0 Å². The molecule has 2 atom stereocenters. The standard InChI is InChI=1S/C18H29N3S2/c1-15-8-6-7-12-21(15)16(2)14-20-18(22)19-11-13-23-17-9-4-3-5-10-17/h3-5,9-10,15-16H,6-8,11-14H2,1-2H3,(H2,19,20,22). The number of benzene rings is 1.